The average molecular weight is 563 g/mol. The Balaban J connectivity index is 1.40. The molecule has 0 radical (unpaired) electrons. The molecule has 40 heavy (non-hydrogen) atoms. The van der Waals surface area contributed by atoms with Gasteiger partial charge in [0, 0.05) is 39.6 Å². The molecule has 2 unspecified atom stereocenters. The average Bonchev–Trinajstić information content (AvgIpc) is 2.97. The second-order valence-electron chi connectivity index (χ2n) is 11.7. The van der Waals surface area contributed by atoms with Crippen LogP contribution in [0.5, 0.6) is 5.88 Å². The molecule has 3 aromatic rings. The fourth-order valence-electron chi connectivity index (χ4n) is 6.34. The number of fused-ring (bicyclic) bond motifs is 3. The molecule has 0 aliphatic heterocycles. The van der Waals surface area contributed by atoms with Crippen molar-refractivity contribution in [3.05, 3.63) is 57.9 Å². The van der Waals surface area contributed by atoms with Gasteiger partial charge in [-0.15, -0.1) is 0 Å². The van der Waals surface area contributed by atoms with Gasteiger partial charge in [-0.05, 0) is 87.1 Å². The van der Waals surface area contributed by atoms with Gasteiger partial charge in [-0.2, -0.15) is 0 Å². The first-order chi connectivity index (χ1) is 19.7. The third-order valence-electron chi connectivity index (χ3n) is 8.56. The standard InChI is InChI=1S/C34H47ClN4O/c1-3-5-7-8-9-17-32(37-28-15-12-16-29-25(28)20-21-33(38-29)40-22-6-4-2)39-34-26-13-10-11-14-30(26)36-31-23-24(35)18-19-27(31)34/h18-21,23,28,32,37H,3-17,22H2,1-2H3,(H,36,39). The van der Waals surface area contributed by atoms with Gasteiger partial charge in [-0.3, -0.25) is 10.3 Å². The highest BCUT2D eigenvalue weighted by atomic mass is 35.5. The Morgan fingerprint density at radius 3 is 2.60 bits per heavy atom. The molecule has 2 aliphatic carbocycles. The molecule has 2 atom stereocenters. The lowest BCUT2D eigenvalue weighted by Gasteiger charge is -2.33. The molecule has 0 amide bonds. The summed E-state index contributed by atoms with van der Waals surface area (Å²) in [5, 5.41) is 10.0. The summed E-state index contributed by atoms with van der Waals surface area (Å²) in [7, 11) is 0. The Bertz CT molecular complexity index is 1260. The molecular weight excluding hydrogens is 516 g/mol. The van der Waals surface area contributed by atoms with Crippen molar-refractivity contribution in [2.75, 3.05) is 11.9 Å². The van der Waals surface area contributed by atoms with Gasteiger partial charge in [0.15, 0.2) is 0 Å². The molecule has 2 N–H and O–H groups in total. The van der Waals surface area contributed by atoms with Gasteiger partial charge >= 0.3 is 0 Å². The zero-order chi connectivity index (χ0) is 27.7. The van der Waals surface area contributed by atoms with E-state index in [2.05, 4.69) is 42.7 Å². The lowest BCUT2D eigenvalue weighted by Crippen LogP contribution is -2.40. The number of rotatable bonds is 14. The minimum atomic E-state index is 0.172. The third kappa shape index (κ3) is 7.28. The highest BCUT2D eigenvalue weighted by molar-refractivity contribution is 6.31. The number of pyridine rings is 2. The van der Waals surface area contributed by atoms with Crippen LogP contribution in [0.25, 0.3) is 10.9 Å². The van der Waals surface area contributed by atoms with Crippen molar-refractivity contribution in [1.82, 2.24) is 15.3 Å². The number of anilines is 1. The number of aryl methyl sites for hydroxylation is 2. The molecule has 0 bridgehead atoms. The normalized spacial score (nSPS) is 17.3. The van der Waals surface area contributed by atoms with Gasteiger partial charge in [0.25, 0.3) is 0 Å². The topological polar surface area (TPSA) is 59.1 Å². The molecule has 5 nitrogen and oxygen atoms in total. The lowest BCUT2D eigenvalue weighted by atomic mass is 9.90. The van der Waals surface area contributed by atoms with Crippen molar-refractivity contribution in [3.63, 3.8) is 0 Å². The highest BCUT2D eigenvalue weighted by Crippen LogP contribution is 2.36. The molecule has 0 saturated carbocycles. The fraction of sp³-hybridized carbons (Fsp3) is 0.588. The summed E-state index contributed by atoms with van der Waals surface area (Å²) in [6.45, 7) is 5.21. The van der Waals surface area contributed by atoms with Crippen LogP contribution in [0.4, 0.5) is 5.69 Å². The van der Waals surface area contributed by atoms with Crippen LogP contribution in [0.3, 0.4) is 0 Å². The van der Waals surface area contributed by atoms with Gasteiger partial charge in [0.1, 0.15) is 0 Å². The largest absolute Gasteiger partial charge is 0.478 e. The van der Waals surface area contributed by atoms with Crippen LogP contribution in [0.15, 0.2) is 30.3 Å². The van der Waals surface area contributed by atoms with Crippen molar-refractivity contribution in [2.45, 2.75) is 122 Å². The van der Waals surface area contributed by atoms with Crippen LogP contribution in [0.1, 0.15) is 119 Å². The number of nitrogens with zero attached hydrogens (tertiary/aromatic N) is 2. The maximum absolute atomic E-state index is 6.41. The molecule has 6 heteroatoms. The number of nitrogens with one attached hydrogen (secondary N) is 2. The summed E-state index contributed by atoms with van der Waals surface area (Å²) in [6.07, 6.45) is 17.7. The SMILES string of the molecule is CCCCCCCC(Nc1c2c(nc3cc(Cl)ccc13)CCCC2)NC1CCCc2nc(OCCCC)ccc21. The first-order valence-corrected chi connectivity index (χ1v) is 16.3. The Morgan fingerprint density at radius 1 is 0.900 bits per heavy atom. The molecule has 216 valence electrons. The number of halogens is 1. The van der Waals surface area contributed by atoms with E-state index in [1.165, 1.54) is 78.5 Å². The van der Waals surface area contributed by atoms with E-state index in [0.717, 1.165) is 74.4 Å². The van der Waals surface area contributed by atoms with Crippen molar-refractivity contribution < 1.29 is 4.74 Å². The second-order valence-corrected chi connectivity index (χ2v) is 12.1. The zero-order valence-electron chi connectivity index (χ0n) is 24.5. The van der Waals surface area contributed by atoms with E-state index < -0.39 is 0 Å². The second kappa shape index (κ2) is 14.5. The number of aromatic nitrogens is 2. The Kier molecular flexibility index (Phi) is 10.6. The van der Waals surface area contributed by atoms with Gasteiger partial charge in [0.2, 0.25) is 5.88 Å². The van der Waals surface area contributed by atoms with E-state index in [-0.39, 0.29) is 12.2 Å². The van der Waals surface area contributed by atoms with E-state index in [1.54, 1.807) is 0 Å². The smallest absolute Gasteiger partial charge is 0.213 e. The van der Waals surface area contributed by atoms with Crippen LogP contribution >= 0.6 is 11.6 Å². The van der Waals surface area contributed by atoms with E-state index in [4.69, 9.17) is 26.3 Å². The highest BCUT2D eigenvalue weighted by Gasteiger charge is 2.26. The predicted octanol–water partition coefficient (Wildman–Crippen LogP) is 9.11. The van der Waals surface area contributed by atoms with Gasteiger partial charge < -0.3 is 10.1 Å². The fourth-order valence-corrected chi connectivity index (χ4v) is 6.51. The van der Waals surface area contributed by atoms with Gasteiger partial charge in [-0.25, -0.2) is 4.98 Å². The summed E-state index contributed by atoms with van der Waals surface area (Å²) in [5.74, 6) is 0.770. The number of hydrogen-bond donors (Lipinski definition) is 2. The molecule has 0 fully saturated rings. The number of hydrogen-bond acceptors (Lipinski definition) is 5. The Hall–Kier alpha value is -2.37. The minimum Gasteiger partial charge on any atom is -0.478 e. The molecule has 0 saturated heterocycles. The zero-order valence-corrected chi connectivity index (χ0v) is 25.3. The first kappa shape index (κ1) is 29.1. The van der Waals surface area contributed by atoms with Gasteiger partial charge in [0.05, 0.1) is 18.3 Å². The van der Waals surface area contributed by atoms with E-state index in [9.17, 15) is 0 Å². The van der Waals surface area contributed by atoms with Crippen LogP contribution in [0.2, 0.25) is 5.02 Å². The van der Waals surface area contributed by atoms with Crippen LogP contribution in [-0.2, 0) is 19.3 Å². The minimum absolute atomic E-state index is 0.172. The quantitative estimate of drug-likeness (QED) is 0.151. The van der Waals surface area contributed by atoms with Crippen molar-refractivity contribution >= 4 is 28.2 Å². The Labute approximate surface area is 245 Å². The van der Waals surface area contributed by atoms with E-state index in [0.29, 0.717) is 0 Å². The van der Waals surface area contributed by atoms with E-state index in [1.807, 2.05) is 12.1 Å². The summed E-state index contributed by atoms with van der Waals surface area (Å²) >= 11 is 6.41. The van der Waals surface area contributed by atoms with Crippen LogP contribution in [0, 0.1) is 0 Å². The maximum atomic E-state index is 6.41. The summed E-state index contributed by atoms with van der Waals surface area (Å²) in [5.41, 5.74) is 7.43. The summed E-state index contributed by atoms with van der Waals surface area (Å²) in [6, 6.07) is 10.8. The van der Waals surface area contributed by atoms with E-state index >= 15 is 0 Å². The monoisotopic (exact) mass is 562 g/mol. The maximum Gasteiger partial charge on any atom is 0.213 e. The molecule has 0 spiro atoms. The molecule has 2 heterocycles. The molecule has 2 aromatic heterocycles. The molecule has 5 rings (SSSR count). The summed E-state index contributed by atoms with van der Waals surface area (Å²) in [4.78, 5) is 9.98. The predicted molar refractivity (Wildman–Crippen MR) is 168 cm³/mol. The van der Waals surface area contributed by atoms with Crippen molar-refractivity contribution in [1.29, 1.82) is 0 Å². The Morgan fingerprint density at radius 2 is 1.73 bits per heavy atom. The lowest BCUT2D eigenvalue weighted by molar-refractivity contribution is 0.295. The van der Waals surface area contributed by atoms with Crippen LogP contribution in [-0.4, -0.2) is 22.7 Å². The number of ether oxygens (including phenoxy) is 1. The van der Waals surface area contributed by atoms with Crippen LogP contribution < -0.4 is 15.4 Å². The molecule has 1 aromatic carbocycles. The molecule has 2 aliphatic rings. The first-order valence-electron chi connectivity index (χ1n) is 15.9. The van der Waals surface area contributed by atoms with Crippen molar-refractivity contribution in [3.8, 4) is 5.88 Å². The third-order valence-corrected chi connectivity index (χ3v) is 8.79. The number of benzene rings is 1. The van der Waals surface area contributed by atoms with Gasteiger partial charge in [-0.1, -0.05) is 70.0 Å². The molecular formula is C34H47ClN4O. The van der Waals surface area contributed by atoms with Crippen molar-refractivity contribution in [2.24, 2.45) is 0 Å². The number of unbranched alkanes of at least 4 members (excludes halogenated alkanes) is 5. The summed E-state index contributed by atoms with van der Waals surface area (Å²) < 4.78 is 5.94.